The molecule has 1 aromatic rings. The second kappa shape index (κ2) is 6.50. The van der Waals surface area contributed by atoms with E-state index in [0.29, 0.717) is 0 Å². The highest BCUT2D eigenvalue weighted by molar-refractivity contribution is 5.26. The van der Waals surface area contributed by atoms with Crippen LogP contribution in [-0.2, 0) is 5.41 Å². The summed E-state index contributed by atoms with van der Waals surface area (Å²) in [6.07, 6.45) is 5.45. The molecule has 1 aliphatic carbocycles. The van der Waals surface area contributed by atoms with E-state index >= 15 is 0 Å². The minimum absolute atomic E-state index is 0.229. The van der Waals surface area contributed by atoms with Crippen LogP contribution in [0.1, 0.15) is 45.1 Å². The molecule has 21 heavy (non-hydrogen) atoms. The third kappa shape index (κ3) is 3.87. The highest BCUT2D eigenvalue weighted by Gasteiger charge is 2.33. The van der Waals surface area contributed by atoms with Crippen LogP contribution in [0.5, 0.6) is 0 Å². The zero-order valence-corrected chi connectivity index (χ0v) is 13.6. The molecule has 0 bridgehead atoms. The summed E-state index contributed by atoms with van der Waals surface area (Å²) in [6.45, 7) is 9.64. The van der Waals surface area contributed by atoms with Crippen LogP contribution in [0, 0.1) is 5.92 Å². The van der Waals surface area contributed by atoms with Gasteiger partial charge in [-0.2, -0.15) is 0 Å². The molecule has 116 valence electrons. The first kappa shape index (κ1) is 15.1. The molecular formula is C19H30N2. The molecular weight excluding hydrogens is 256 g/mol. The molecule has 0 aromatic heterocycles. The highest BCUT2D eigenvalue weighted by Crippen LogP contribution is 2.29. The van der Waals surface area contributed by atoms with E-state index < -0.39 is 0 Å². The second-order valence-corrected chi connectivity index (χ2v) is 7.38. The van der Waals surface area contributed by atoms with Crippen LogP contribution in [0.2, 0.25) is 0 Å². The van der Waals surface area contributed by atoms with E-state index in [-0.39, 0.29) is 5.41 Å². The van der Waals surface area contributed by atoms with Crippen molar-refractivity contribution >= 4 is 0 Å². The Kier molecular flexibility index (Phi) is 4.66. The van der Waals surface area contributed by atoms with Crippen molar-refractivity contribution in [1.82, 2.24) is 10.2 Å². The molecule has 1 aliphatic heterocycles. The van der Waals surface area contributed by atoms with E-state index in [1.807, 2.05) is 0 Å². The quantitative estimate of drug-likeness (QED) is 0.826. The number of nitrogens with zero attached hydrogens (tertiary/aromatic N) is 1. The van der Waals surface area contributed by atoms with Gasteiger partial charge in [0.15, 0.2) is 0 Å². The van der Waals surface area contributed by atoms with E-state index in [4.69, 9.17) is 0 Å². The van der Waals surface area contributed by atoms with Crippen molar-refractivity contribution < 1.29 is 0 Å². The maximum Gasteiger partial charge on any atom is 0.0177 e. The fourth-order valence-electron chi connectivity index (χ4n) is 3.63. The first-order valence-electron chi connectivity index (χ1n) is 8.71. The standard InChI is InChI=1S/C19H30N2/c1-3-16-11-12-21(13-16)15-19(2,14-20-18-9-10-18)17-7-5-4-6-8-17/h4-8,16,18,20H,3,9-15H2,1-2H3. The molecule has 2 nitrogen and oxygen atoms in total. The van der Waals surface area contributed by atoms with Crippen molar-refractivity contribution in [2.75, 3.05) is 26.2 Å². The Balaban J connectivity index is 1.69. The summed E-state index contributed by atoms with van der Waals surface area (Å²) in [5.41, 5.74) is 1.71. The molecule has 3 rings (SSSR count). The van der Waals surface area contributed by atoms with Crippen LogP contribution in [0.4, 0.5) is 0 Å². The smallest absolute Gasteiger partial charge is 0.0177 e. The van der Waals surface area contributed by atoms with Gasteiger partial charge >= 0.3 is 0 Å². The van der Waals surface area contributed by atoms with Crippen molar-refractivity contribution in [3.05, 3.63) is 35.9 Å². The van der Waals surface area contributed by atoms with Gasteiger partial charge < -0.3 is 10.2 Å². The van der Waals surface area contributed by atoms with E-state index in [1.54, 1.807) is 0 Å². The second-order valence-electron chi connectivity index (χ2n) is 7.38. The van der Waals surface area contributed by atoms with Gasteiger partial charge in [0.2, 0.25) is 0 Å². The summed E-state index contributed by atoms with van der Waals surface area (Å²) in [4.78, 5) is 2.69. The lowest BCUT2D eigenvalue weighted by Gasteiger charge is -2.35. The number of benzene rings is 1. The van der Waals surface area contributed by atoms with Gasteiger partial charge in [-0.1, -0.05) is 50.6 Å². The Labute approximate surface area is 129 Å². The van der Waals surface area contributed by atoms with Crippen LogP contribution in [-0.4, -0.2) is 37.1 Å². The summed E-state index contributed by atoms with van der Waals surface area (Å²) in [7, 11) is 0. The van der Waals surface area contributed by atoms with Crippen molar-refractivity contribution in [3.63, 3.8) is 0 Å². The van der Waals surface area contributed by atoms with Crippen LogP contribution >= 0.6 is 0 Å². The fraction of sp³-hybridized carbons (Fsp3) is 0.684. The highest BCUT2D eigenvalue weighted by atomic mass is 15.2. The Morgan fingerprint density at radius 2 is 1.95 bits per heavy atom. The van der Waals surface area contributed by atoms with Crippen molar-refractivity contribution in [2.24, 2.45) is 5.92 Å². The Bertz CT molecular complexity index is 440. The summed E-state index contributed by atoms with van der Waals surface area (Å²) in [5, 5.41) is 3.77. The summed E-state index contributed by atoms with van der Waals surface area (Å²) < 4.78 is 0. The number of hydrogen-bond donors (Lipinski definition) is 1. The first-order valence-corrected chi connectivity index (χ1v) is 8.71. The molecule has 1 aromatic carbocycles. The molecule has 0 amide bonds. The van der Waals surface area contributed by atoms with Crippen molar-refractivity contribution in [2.45, 2.75) is 51.0 Å². The number of likely N-dealkylation sites (tertiary alicyclic amines) is 1. The average molecular weight is 286 g/mol. The van der Waals surface area contributed by atoms with Gasteiger partial charge in [0.25, 0.3) is 0 Å². The minimum Gasteiger partial charge on any atom is -0.313 e. The number of rotatable bonds is 7. The molecule has 1 N–H and O–H groups in total. The van der Waals surface area contributed by atoms with Crippen molar-refractivity contribution in [1.29, 1.82) is 0 Å². The molecule has 2 heteroatoms. The van der Waals surface area contributed by atoms with E-state index in [1.165, 1.54) is 50.9 Å². The lowest BCUT2D eigenvalue weighted by Crippen LogP contribution is -2.45. The fourth-order valence-corrected chi connectivity index (χ4v) is 3.63. The Hall–Kier alpha value is -0.860. The lowest BCUT2D eigenvalue weighted by molar-refractivity contribution is 0.242. The molecule has 2 atom stereocenters. The molecule has 1 heterocycles. The number of hydrogen-bond acceptors (Lipinski definition) is 2. The topological polar surface area (TPSA) is 15.3 Å². The average Bonchev–Trinajstić information content (AvgIpc) is 3.25. The van der Waals surface area contributed by atoms with Crippen LogP contribution in [0.15, 0.2) is 30.3 Å². The van der Waals surface area contributed by atoms with Gasteiger partial charge in [-0.25, -0.2) is 0 Å². The van der Waals surface area contributed by atoms with Crippen LogP contribution in [0.3, 0.4) is 0 Å². The van der Waals surface area contributed by atoms with Gasteiger partial charge in [0.05, 0.1) is 0 Å². The largest absolute Gasteiger partial charge is 0.313 e. The molecule has 2 fully saturated rings. The summed E-state index contributed by atoms with van der Waals surface area (Å²) in [6, 6.07) is 11.9. The molecule has 0 radical (unpaired) electrons. The molecule has 2 aliphatic rings. The lowest BCUT2D eigenvalue weighted by atomic mass is 9.81. The Morgan fingerprint density at radius 1 is 1.19 bits per heavy atom. The minimum atomic E-state index is 0.229. The third-order valence-electron chi connectivity index (χ3n) is 5.35. The zero-order valence-electron chi connectivity index (χ0n) is 13.6. The van der Waals surface area contributed by atoms with Crippen LogP contribution in [0.25, 0.3) is 0 Å². The predicted molar refractivity (Wildman–Crippen MR) is 89.7 cm³/mol. The SMILES string of the molecule is CCC1CCN(CC(C)(CNC2CC2)c2ccccc2)C1. The van der Waals surface area contributed by atoms with Gasteiger partial charge in [-0.05, 0) is 37.3 Å². The van der Waals surface area contributed by atoms with E-state index in [0.717, 1.165) is 18.5 Å². The Morgan fingerprint density at radius 3 is 2.57 bits per heavy atom. The van der Waals surface area contributed by atoms with Crippen LogP contribution < -0.4 is 5.32 Å². The molecule has 2 unspecified atom stereocenters. The summed E-state index contributed by atoms with van der Waals surface area (Å²) in [5.74, 6) is 0.918. The van der Waals surface area contributed by atoms with E-state index in [2.05, 4.69) is 54.4 Å². The monoisotopic (exact) mass is 286 g/mol. The van der Waals surface area contributed by atoms with Crippen molar-refractivity contribution in [3.8, 4) is 0 Å². The summed E-state index contributed by atoms with van der Waals surface area (Å²) >= 11 is 0. The maximum atomic E-state index is 3.77. The molecule has 1 saturated heterocycles. The maximum absolute atomic E-state index is 3.77. The van der Waals surface area contributed by atoms with E-state index in [9.17, 15) is 0 Å². The third-order valence-corrected chi connectivity index (χ3v) is 5.35. The molecule has 0 spiro atoms. The van der Waals surface area contributed by atoms with Gasteiger partial charge in [0, 0.05) is 31.1 Å². The predicted octanol–water partition coefficient (Wildman–Crippen LogP) is 3.43. The van der Waals surface area contributed by atoms with Gasteiger partial charge in [-0.15, -0.1) is 0 Å². The first-order chi connectivity index (χ1) is 10.2. The number of nitrogens with one attached hydrogen (secondary N) is 1. The normalized spacial score (nSPS) is 25.9. The van der Waals surface area contributed by atoms with Gasteiger partial charge in [0.1, 0.15) is 0 Å². The van der Waals surface area contributed by atoms with Gasteiger partial charge in [-0.3, -0.25) is 0 Å². The molecule has 1 saturated carbocycles. The zero-order chi connectivity index (χ0) is 14.7.